The Morgan fingerprint density at radius 3 is 2.42 bits per heavy atom. The molecule has 0 bridgehead atoms. The zero-order valence-corrected chi connectivity index (χ0v) is 15.2. The van der Waals surface area contributed by atoms with Gasteiger partial charge < -0.3 is 10.1 Å². The van der Waals surface area contributed by atoms with E-state index >= 15 is 0 Å². The van der Waals surface area contributed by atoms with Crippen molar-refractivity contribution in [3.05, 3.63) is 62.6 Å². The molecular formula is C17H14Cl3NO3. The van der Waals surface area contributed by atoms with Crippen LogP contribution in [0.15, 0.2) is 36.4 Å². The minimum atomic E-state index is -1.04. The zero-order chi connectivity index (χ0) is 17.9. The van der Waals surface area contributed by atoms with E-state index in [0.717, 1.165) is 5.56 Å². The summed E-state index contributed by atoms with van der Waals surface area (Å²) in [6.45, 7) is 3.36. The molecular weight excluding hydrogens is 373 g/mol. The van der Waals surface area contributed by atoms with Gasteiger partial charge in [0, 0.05) is 5.69 Å². The van der Waals surface area contributed by atoms with E-state index in [1.807, 2.05) is 19.1 Å². The first-order chi connectivity index (χ1) is 11.3. The van der Waals surface area contributed by atoms with Crippen LogP contribution in [0.1, 0.15) is 22.8 Å². The molecule has 0 aromatic heterocycles. The fourth-order valence-corrected chi connectivity index (χ4v) is 2.64. The number of hydrogen-bond acceptors (Lipinski definition) is 3. The van der Waals surface area contributed by atoms with Gasteiger partial charge in [-0.15, -0.1) is 0 Å². The van der Waals surface area contributed by atoms with Gasteiger partial charge in [-0.1, -0.05) is 46.9 Å². The second-order valence-electron chi connectivity index (χ2n) is 5.12. The van der Waals surface area contributed by atoms with Crippen molar-refractivity contribution in [3.63, 3.8) is 0 Å². The SMILES string of the molecule is Cc1cccc(NC(=O)[C@@H](C)OC(=O)c2c(Cl)ccc(Cl)c2Cl)c1. The Bertz CT molecular complexity index is 793. The molecule has 2 rings (SSSR count). The van der Waals surface area contributed by atoms with E-state index in [1.54, 1.807) is 12.1 Å². The molecule has 2 aromatic carbocycles. The predicted molar refractivity (Wildman–Crippen MR) is 96.2 cm³/mol. The maximum Gasteiger partial charge on any atom is 0.342 e. The quantitative estimate of drug-likeness (QED) is 0.585. The van der Waals surface area contributed by atoms with Crippen molar-refractivity contribution in [1.82, 2.24) is 0 Å². The highest BCUT2D eigenvalue weighted by molar-refractivity contribution is 6.46. The Labute approximate surface area is 154 Å². The summed E-state index contributed by atoms with van der Waals surface area (Å²) in [6, 6.07) is 10.2. The molecule has 0 aliphatic rings. The number of amides is 1. The maximum atomic E-state index is 12.2. The summed E-state index contributed by atoms with van der Waals surface area (Å²) in [5, 5.41) is 2.93. The normalized spacial score (nSPS) is 11.7. The number of anilines is 1. The molecule has 0 spiro atoms. The van der Waals surface area contributed by atoms with Crippen LogP contribution in [-0.4, -0.2) is 18.0 Å². The molecule has 1 amide bonds. The molecule has 0 saturated carbocycles. The van der Waals surface area contributed by atoms with Crippen molar-refractivity contribution in [1.29, 1.82) is 0 Å². The first-order valence-corrected chi connectivity index (χ1v) is 8.15. The Morgan fingerprint density at radius 2 is 1.75 bits per heavy atom. The first-order valence-electron chi connectivity index (χ1n) is 7.01. The number of esters is 1. The highest BCUT2D eigenvalue weighted by atomic mass is 35.5. The van der Waals surface area contributed by atoms with Crippen molar-refractivity contribution in [3.8, 4) is 0 Å². The summed E-state index contributed by atoms with van der Waals surface area (Å²) in [6.07, 6.45) is -1.04. The summed E-state index contributed by atoms with van der Waals surface area (Å²) in [7, 11) is 0. The van der Waals surface area contributed by atoms with E-state index in [4.69, 9.17) is 39.5 Å². The minimum Gasteiger partial charge on any atom is -0.449 e. The average Bonchev–Trinajstić information content (AvgIpc) is 2.51. The van der Waals surface area contributed by atoms with E-state index < -0.39 is 18.0 Å². The number of ether oxygens (including phenoxy) is 1. The van der Waals surface area contributed by atoms with Crippen molar-refractivity contribution in [2.75, 3.05) is 5.32 Å². The number of rotatable bonds is 4. The standard InChI is InChI=1S/C17H14Cl3NO3/c1-9-4-3-5-11(8-9)21-16(22)10(2)24-17(23)14-12(18)6-7-13(19)15(14)20/h3-8,10H,1-2H3,(H,21,22)/t10-/m1/s1. The summed E-state index contributed by atoms with van der Waals surface area (Å²) in [5.74, 6) is -1.29. The van der Waals surface area contributed by atoms with Gasteiger partial charge in [0.25, 0.3) is 5.91 Å². The highest BCUT2D eigenvalue weighted by Crippen LogP contribution is 2.32. The van der Waals surface area contributed by atoms with Gasteiger partial charge in [0.1, 0.15) is 0 Å². The molecule has 0 fully saturated rings. The Kier molecular flexibility index (Phi) is 6.10. The van der Waals surface area contributed by atoms with E-state index in [2.05, 4.69) is 5.32 Å². The molecule has 0 unspecified atom stereocenters. The van der Waals surface area contributed by atoms with E-state index in [1.165, 1.54) is 19.1 Å². The first kappa shape index (κ1) is 18.6. The van der Waals surface area contributed by atoms with Gasteiger partial charge in [0.05, 0.1) is 20.6 Å². The topological polar surface area (TPSA) is 55.4 Å². The van der Waals surface area contributed by atoms with Gasteiger partial charge in [0.15, 0.2) is 6.10 Å². The molecule has 126 valence electrons. The summed E-state index contributed by atoms with van der Waals surface area (Å²) in [5.41, 5.74) is 1.54. The fourth-order valence-electron chi connectivity index (χ4n) is 1.95. The molecule has 0 heterocycles. The summed E-state index contributed by atoms with van der Waals surface area (Å²) >= 11 is 17.8. The molecule has 1 N–H and O–H groups in total. The summed E-state index contributed by atoms with van der Waals surface area (Å²) in [4.78, 5) is 24.4. The fraction of sp³-hybridized carbons (Fsp3) is 0.176. The van der Waals surface area contributed by atoms with E-state index in [9.17, 15) is 9.59 Å². The Hall–Kier alpha value is -1.75. The lowest BCUT2D eigenvalue weighted by Crippen LogP contribution is -2.30. The van der Waals surface area contributed by atoms with Crippen LogP contribution in [0.3, 0.4) is 0 Å². The lowest BCUT2D eigenvalue weighted by molar-refractivity contribution is -0.123. The zero-order valence-electron chi connectivity index (χ0n) is 12.9. The molecule has 2 aromatic rings. The van der Waals surface area contributed by atoms with Gasteiger partial charge in [-0.05, 0) is 43.7 Å². The van der Waals surface area contributed by atoms with Gasteiger partial charge in [-0.3, -0.25) is 4.79 Å². The van der Waals surface area contributed by atoms with Gasteiger partial charge in [-0.25, -0.2) is 4.79 Å². The Balaban J connectivity index is 2.09. The van der Waals surface area contributed by atoms with Gasteiger partial charge in [0.2, 0.25) is 0 Å². The van der Waals surface area contributed by atoms with Crippen LogP contribution >= 0.6 is 34.8 Å². The van der Waals surface area contributed by atoms with Crippen LogP contribution < -0.4 is 5.32 Å². The molecule has 1 atom stereocenters. The maximum absolute atomic E-state index is 12.2. The molecule has 24 heavy (non-hydrogen) atoms. The number of benzene rings is 2. The molecule has 0 aliphatic heterocycles. The number of halogens is 3. The second kappa shape index (κ2) is 7.88. The number of hydrogen-bond donors (Lipinski definition) is 1. The van der Waals surface area contributed by atoms with Gasteiger partial charge >= 0.3 is 5.97 Å². The van der Waals surface area contributed by atoms with Crippen LogP contribution in [0.4, 0.5) is 5.69 Å². The van der Waals surface area contributed by atoms with Crippen LogP contribution in [0.25, 0.3) is 0 Å². The average molecular weight is 387 g/mol. The number of nitrogens with one attached hydrogen (secondary N) is 1. The van der Waals surface area contributed by atoms with Crippen LogP contribution in [0.5, 0.6) is 0 Å². The van der Waals surface area contributed by atoms with E-state index in [-0.39, 0.29) is 20.6 Å². The number of carbonyl (C=O) groups is 2. The molecule has 0 saturated heterocycles. The third kappa shape index (κ3) is 4.41. The molecule has 0 aliphatic carbocycles. The third-order valence-corrected chi connectivity index (χ3v) is 4.31. The second-order valence-corrected chi connectivity index (χ2v) is 6.32. The van der Waals surface area contributed by atoms with E-state index in [0.29, 0.717) is 5.69 Å². The monoisotopic (exact) mass is 385 g/mol. The molecule has 7 heteroatoms. The summed E-state index contributed by atoms with van der Waals surface area (Å²) < 4.78 is 5.14. The lowest BCUT2D eigenvalue weighted by Gasteiger charge is -2.15. The van der Waals surface area contributed by atoms with Gasteiger partial charge in [-0.2, -0.15) is 0 Å². The van der Waals surface area contributed by atoms with Crippen LogP contribution in [0.2, 0.25) is 15.1 Å². The smallest absolute Gasteiger partial charge is 0.342 e. The molecule has 0 radical (unpaired) electrons. The third-order valence-electron chi connectivity index (χ3n) is 3.19. The van der Waals surface area contributed by atoms with Crippen molar-refractivity contribution in [2.24, 2.45) is 0 Å². The van der Waals surface area contributed by atoms with Crippen molar-refractivity contribution < 1.29 is 14.3 Å². The lowest BCUT2D eigenvalue weighted by atomic mass is 10.2. The largest absolute Gasteiger partial charge is 0.449 e. The van der Waals surface area contributed by atoms with Crippen molar-refractivity contribution in [2.45, 2.75) is 20.0 Å². The minimum absolute atomic E-state index is 0.0135. The Morgan fingerprint density at radius 1 is 1.08 bits per heavy atom. The number of aryl methyl sites for hydroxylation is 1. The van der Waals surface area contributed by atoms with Crippen LogP contribution in [0, 0.1) is 6.92 Å². The number of carbonyl (C=O) groups excluding carboxylic acids is 2. The highest BCUT2D eigenvalue weighted by Gasteiger charge is 2.24. The predicted octanol–water partition coefficient (Wildman–Crippen LogP) is 5.14. The van der Waals surface area contributed by atoms with Crippen molar-refractivity contribution >= 4 is 52.4 Å². The molecule has 4 nitrogen and oxygen atoms in total. The van der Waals surface area contributed by atoms with Crippen LogP contribution in [-0.2, 0) is 9.53 Å².